The highest BCUT2D eigenvalue weighted by molar-refractivity contribution is 5.44. The number of nitrogens with one attached hydrogen (secondary N) is 1. The van der Waals surface area contributed by atoms with E-state index in [2.05, 4.69) is 15.2 Å². The largest absolute Gasteiger partial charge is 0.493 e. The first-order chi connectivity index (χ1) is 9.56. The average Bonchev–Trinajstić information content (AvgIpc) is 2.95. The zero-order valence-corrected chi connectivity index (χ0v) is 12.2. The highest BCUT2D eigenvalue weighted by atomic mass is 16.5. The first-order valence-electron chi connectivity index (χ1n) is 6.46. The fourth-order valence-electron chi connectivity index (χ4n) is 1.89. The molecule has 20 heavy (non-hydrogen) atoms. The van der Waals surface area contributed by atoms with Gasteiger partial charge in [0.1, 0.15) is 5.82 Å². The van der Waals surface area contributed by atoms with Crippen molar-refractivity contribution < 1.29 is 9.47 Å². The van der Waals surface area contributed by atoms with E-state index < -0.39 is 0 Å². The second-order valence-corrected chi connectivity index (χ2v) is 4.83. The first-order valence-corrected chi connectivity index (χ1v) is 6.46. The molecule has 0 aliphatic carbocycles. The number of aromatic amines is 1. The van der Waals surface area contributed by atoms with Gasteiger partial charge in [0, 0.05) is 5.92 Å². The number of benzene rings is 1. The second-order valence-electron chi connectivity index (χ2n) is 4.83. The molecule has 2 aromatic rings. The number of rotatable bonds is 5. The van der Waals surface area contributed by atoms with Crippen molar-refractivity contribution in [3.63, 3.8) is 0 Å². The van der Waals surface area contributed by atoms with Crippen LogP contribution in [0.4, 0.5) is 0 Å². The summed E-state index contributed by atoms with van der Waals surface area (Å²) in [5, 5.41) is 7.06. The standard InChI is InChI=1S/C14H20N4O2/c1-8(2)13-16-14(18-17-13)12(15)9-5-6-10(19-3)11(7-9)20-4/h5-8,12H,15H2,1-4H3,(H,16,17,18). The number of ether oxygens (including phenoxy) is 2. The van der Waals surface area contributed by atoms with Gasteiger partial charge in [-0.05, 0) is 17.7 Å². The lowest BCUT2D eigenvalue weighted by Crippen LogP contribution is -2.14. The highest BCUT2D eigenvalue weighted by Gasteiger charge is 2.17. The lowest BCUT2D eigenvalue weighted by Gasteiger charge is -2.13. The van der Waals surface area contributed by atoms with E-state index in [4.69, 9.17) is 15.2 Å². The van der Waals surface area contributed by atoms with Gasteiger partial charge >= 0.3 is 0 Å². The maximum Gasteiger partial charge on any atom is 0.161 e. The SMILES string of the molecule is COc1ccc(C(N)c2nc(C(C)C)n[nH]2)cc1OC. The van der Waals surface area contributed by atoms with Crippen LogP contribution in [0.2, 0.25) is 0 Å². The van der Waals surface area contributed by atoms with Gasteiger partial charge in [0.2, 0.25) is 0 Å². The molecule has 1 heterocycles. The Balaban J connectivity index is 2.30. The Bertz CT molecular complexity index is 580. The van der Waals surface area contributed by atoms with E-state index in [1.807, 2.05) is 32.0 Å². The topological polar surface area (TPSA) is 86.0 Å². The Kier molecular flexibility index (Phi) is 4.24. The molecule has 1 atom stereocenters. The van der Waals surface area contributed by atoms with Crippen molar-refractivity contribution in [1.29, 1.82) is 0 Å². The minimum atomic E-state index is -0.380. The Morgan fingerprint density at radius 2 is 1.85 bits per heavy atom. The van der Waals surface area contributed by atoms with Crippen LogP contribution in [0.5, 0.6) is 11.5 Å². The predicted octanol–water partition coefficient (Wildman–Crippen LogP) is 1.99. The number of aromatic nitrogens is 3. The summed E-state index contributed by atoms with van der Waals surface area (Å²) in [6.45, 7) is 4.07. The van der Waals surface area contributed by atoms with E-state index in [1.54, 1.807) is 14.2 Å². The Hall–Kier alpha value is -2.08. The number of nitrogens with two attached hydrogens (primary N) is 1. The fraction of sp³-hybridized carbons (Fsp3) is 0.429. The van der Waals surface area contributed by atoms with Crippen molar-refractivity contribution in [2.45, 2.75) is 25.8 Å². The summed E-state index contributed by atoms with van der Waals surface area (Å²) in [7, 11) is 3.20. The molecule has 0 fully saturated rings. The monoisotopic (exact) mass is 276 g/mol. The summed E-state index contributed by atoms with van der Waals surface area (Å²) in [6.07, 6.45) is 0. The van der Waals surface area contributed by atoms with Crippen molar-refractivity contribution in [3.8, 4) is 11.5 Å². The highest BCUT2D eigenvalue weighted by Crippen LogP contribution is 2.30. The average molecular weight is 276 g/mol. The van der Waals surface area contributed by atoms with Crippen molar-refractivity contribution >= 4 is 0 Å². The maximum atomic E-state index is 6.21. The van der Waals surface area contributed by atoms with E-state index in [1.165, 1.54) is 0 Å². The molecule has 2 rings (SSSR count). The summed E-state index contributed by atoms with van der Waals surface area (Å²) in [5.41, 5.74) is 7.10. The van der Waals surface area contributed by atoms with Crippen molar-refractivity contribution in [2.24, 2.45) is 5.73 Å². The molecule has 1 aromatic carbocycles. The fourth-order valence-corrected chi connectivity index (χ4v) is 1.89. The van der Waals surface area contributed by atoms with Crippen LogP contribution in [-0.4, -0.2) is 29.4 Å². The van der Waals surface area contributed by atoms with Gasteiger partial charge in [-0.1, -0.05) is 19.9 Å². The molecule has 0 aliphatic heterocycles. The summed E-state index contributed by atoms with van der Waals surface area (Å²) < 4.78 is 10.5. The molecule has 1 aromatic heterocycles. The Labute approximate surface area is 118 Å². The van der Waals surface area contributed by atoms with Gasteiger partial charge in [-0.25, -0.2) is 4.98 Å². The summed E-state index contributed by atoms with van der Waals surface area (Å²) >= 11 is 0. The van der Waals surface area contributed by atoms with Crippen molar-refractivity contribution in [3.05, 3.63) is 35.4 Å². The van der Waals surface area contributed by atoms with Crippen LogP contribution in [-0.2, 0) is 0 Å². The van der Waals surface area contributed by atoms with Gasteiger partial charge in [0.25, 0.3) is 0 Å². The number of methoxy groups -OCH3 is 2. The van der Waals surface area contributed by atoms with Crippen LogP contribution in [0, 0.1) is 0 Å². The van der Waals surface area contributed by atoms with Crippen LogP contribution < -0.4 is 15.2 Å². The number of hydrogen-bond acceptors (Lipinski definition) is 5. The molecule has 0 amide bonds. The van der Waals surface area contributed by atoms with Gasteiger partial charge in [-0.2, -0.15) is 5.10 Å². The Morgan fingerprint density at radius 1 is 1.15 bits per heavy atom. The Morgan fingerprint density at radius 3 is 2.40 bits per heavy atom. The van der Waals surface area contributed by atoms with Crippen molar-refractivity contribution in [2.75, 3.05) is 14.2 Å². The van der Waals surface area contributed by atoms with Gasteiger partial charge in [0.15, 0.2) is 17.3 Å². The molecule has 0 saturated carbocycles. The van der Waals surface area contributed by atoms with E-state index in [-0.39, 0.29) is 12.0 Å². The van der Waals surface area contributed by atoms with E-state index >= 15 is 0 Å². The van der Waals surface area contributed by atoms with Gasteiger partial charge < -0.3 is 15.2 Å². The molecule has 0 bridgehead atoms. The smallest absolute Gasteiger partial charge is 0.161 e. The quantitative estimate of drug-likeness (QED) is 0.872. The molecule has 1 unspecified atom stereocenters. The molecule has 0 aliphatic rings. The van der Waals surface area contributed by atoms with Crippen LogP contribution in [0.15, 0.2) is 18.2 Å². The van der Waals surface area contributed by atoms with Crippen LogP contribution in [0.3, 0.4) is 0 Å². The molecule has 0 radical (unpaired) electrons. The van der Waals surface area contributed by atoms with Gasteiger partial charge in [0.05, 0.1) is 20.3 Å². The number of hydrogen-bond donors (Lipinski definition) is 2. The van der Waals surface area contributed by atoms with E-state index in [0.29, 0.717) is 17.3 Å². The normalized spacial score (nSPS) is 12.5. The molecule has 6 heteroatoms. The van der Waals surface area contributed by atoms with Gasteiger partial charge in [-0.15, -0.1) is 0 Å². The minimum absolute atomic E-state index is 0.262. The third-order valence-electron chi connectivity index (χ3n) is 3.10. The summed E-state index contributed by atoms with van der Waals surface area (Å²) in [6, 6.07) is 5.19. The first kappa shape index (κ1) is 14.3. The molecule has 0 saturated heterocycles. The van der Waals surface area contributed by atoms with E-state index in [0.717, 1.165) is 11.4 Å². The lowest BCUT2D eigenvalue weighted by molar-refractivity contribution is 0.354. The number of H-pyrrole nitrogens is 1. The van der Waals surface area contributed by atoms with Crippen LogP contribution in [0.1, 0.15) is 43.0 Å². The van der Waals surface area contributed by atoms with E-state index in [9.17, 15) is 0 Å². The number of nitrogens with zero attached hydrogens (tertiary/aromatic N) is 2. The predicted molar refractivity (Wildman–Crippen MR) is 76.0 cm³/mol. The molecule has 6 nitrogen and oxygen atoms in total. The van der Waals surface area contributed by atoms with Gasteiger partial charge in [-0.3, -0.25) is 5.10 Å². The summed E-state index contributed by atoms with van der Waals surface area (Å²) in [4.78, 5) is 4.42. The van der Waals surface area contributed by atoms with Crippen LogP contribution in [0.25, 0.3) is 0 Å². The molecule has 3 N–H and O–H groups in total. The zero-order chi connectivity index (χ0) is 14.7. The zero-order valence-electron chi connectivity index (χ0n) is 12.2. The maximum absolute atomic E-state index is 6.21. The van der Waals surface area contributed by atoms with Crippen LogP contribution >= 0.6 is 0 Å². The molecular weight excluding hydrogens is 256 g/mol. The minimum Gasteiger partial charge on any atom is -0.493 e. The third-order valence-corrected chi connectivity index (χ3v) is 3.10. The van der Waals surface area contributed by atoms with Crippen molar-refractivity contribution in [1.82, 2.24) is 15.2 Å². The second kappa shape index (κ2) is 5.92. The molecular formula is C14H20N4O2. The lowest BCUT2D eigenvalue weighted by atomic mass is 10.1. The summed E-state index contributed by atoms with van der Waals surface area (Å²) in [5.74, 6) is 2.97. The molecule has 0 spiro atoms. The molecule has 108 valence electrons. The third kappa shape index (κ3) is 2.75.